The van der Waals surface area contributed by atoms with E-state index in [-0.39, 0.29) is 32.8 Å². The number of oxazole rings is 2. The third kappa shape index (κ3) is 3.10. The van der Waals surface area contributed by atoms with E-state index < -0.39 is 5.79 Å². The number of para-hydroxylation sites is 2. The fraction of sp³-hybridized carbons (Fsp3) is 0.120. The van der Waals surface area contributed by atoms with Gasteiger partial charge in [0.15, 0.2) is 0 Å². The number of rotatable bonds is 4. The number of fused-ring (bicyclic) bond motifs is 2. The zero-order valence-electron chi connectivity index (χ0n) is 17.6. The summed E-state index contributed by atoms with van der Waals surface area (Å²) in [6.07, 6.45) is 6.70. The fourth-order valence-electron chi connectivity index (χ4n) is 4.33. The van der Waals surface area contributed by atoms with Crippen LogP contribution in [0.25, 0.3) is 44.3 Å². The molecule has 4 aromatic heterocycles. The standard InChI is InChI=1S/C25H16N4O4.Pt/c1-3-15-7-9-26-21(15)17(5-1)19-13-30-23(28-19)25(32-11-12-33-25)24-29-20(14-31-24)18-6-2-4-16-8-10-27-22(16)18;/h1-10,13-14H,11-12H2;/q-2;+2. The van der Waals surface area contributed by atoms with E-state index in [4.69, 9.17) is 28.3 Å². The number of ether oxygens (including phenoxy) is 2. The number of benzene rings is 2. The minimum atomic E-state index is -1.46. The minimum absolute atomic E-state index is 0. The van der Waals surface area contributed by atoms with Gasteiger partial charge in [0.25, 0.3) is 11.8 Å². The van der Waals surface area contributed by atoms with Crippen molar-refractivity contribution in [3.63, 3.8) is 0 Å². The molecule has 8 nitrogen and oxygen atoms in total. The first kappa shape index (κ1) is 21.1. The second-order valence-electron chi connectivity index (χ2n) is 7.77. The van der Waals surface area contributed by atoms with Crippen molar-refractivity contribution >= 4 is 21.8 Å². The summed E-state index contributed by atoms with van der Waals surface area (Å²) in [5.74, 6) is -1.02. The van der Waals surface area contributed by atoms with Gasteiger partial charge in [-0.05, 0) is 21.9 Å². The Balaban J connectivity index is 0.00000217. The molecule has 0 aliphatic carbocycles. The van der Waals surface area contributed by atoms with Gasteiger partial charge in [-0.1, -0.05) is 48.5 Å². The molecule has 0 N–H and O–H groups in total. The Morgan fingerprint density at radius 2 is 1.18 bits per heavy atom. The molecule has 0 unspecified atom stereocenters. The van der Waals surface area contributed by atoms with Crippen molar-refractivity contribution in [2.24, 2.45) is 0 Å². The van der Waals surface area contributed by atoms with Crippen molar-refractivity contribution in [2.75, 3.05) is 13.2 Å². The second kappa shape index (κ2) is 8.09. The second-order valence-corrected chi connectivity index (χ2v) is 7.77. The van der Waals surface area contributed by atoms with Gasteiger partial charge in [0.05, 0.1) is 13.2 Å². The van der Waals surface area contributed by atoms with E-state index in [2.05, 4.69) is 9.97 Å². The van der Waals surface area contributed by atoms with Gasteiger partial charge >= 0.3 is 26.9 Å². The third-order valence-corrected chi connectivity index (χ3v) is 5.87. The summed E-state index contributed by atoms with van der Waals surface area (Å²) in [7, 11) is 0. The first-order chi connectivity index (χ1) is 16.3. The van der Waals surface area contributed by atoms with Crippen LogP contribution >= 0.6 is 0 Å². The van der Waals surface area contributed by atoms with E-state index in [1.165, 1.54) is 0 Å². The molecule has 1 fully saturated rings. The van der Waals surface area contributed by atoms with Crippen LogP contribution in [-0.4, -0.2) is 23.2 Å². The zero-order valence-corrected chi connectivity index (χ0v) is 19.9. The van der Waals surface area contributed by atoms with Gasteiger partial charge in [-0.2, -0.15) is 12.4 Å². The van der Waals surface area contributed by atoms with Crippen molar-refractivity contribution in [1.29, 1.82) is 0 Å². The van der Waals surface area contributed by atoms with E-state index in [0.29, 0.717) is 24.6 Å². The SMILES string of the molecule is [Pt+2].c1cc(-c2coc(C3(c4nc(-c5cccc6cc[n-]c56)co4)OCCO3)n2)c2[n-]ccc2c1. The summed E-state index contributed by atoms with van der Waals surface area (Å²) in [5.41, 5.74) is 4.70. The van der Waals surface area contributed by atoms with Gasteiger partial charge in [0.1, 0.15) is 23.9 Å². The molecule has 0 atom stereocenters. The van der Waals surface area contributed by atoms with E-state index in [9.17, 15) is 0 Å². The monoisotopic (exact) mass is 631 g/mol. The predicted molar refractivity (Wildman–Crippen MR) is 118 cm³/mol. The summed E-state index contributed by atoms with van der Waals surface area (Å²) in [4.78, 5) is 18.3. The number of aromatic nitrogens is 4. The van der Waals surface area contributed by atoms with Crippen molar-refractivity contribution in [1.82, 2.24) is 19.9 Å². The van der Waals surface area contributed by atoms with E-state index in [1.807, 2.05) is 48.5 Å². The summed E-state index contributed by atoms with van der Waals surface area (Å²) < 4.78 is 23.7. The van der Waals surface area contributed by atoms with E-state index >= 15 is 0 Å². The van der Waals surface area contributed by atoms with Crippen LogP contribution in [0.4, 0.5) is 0 Å². The molecule has 1 saturated heterocycles. The van der Waals surface area contributed by atoms with Crippen LogP contribution in [-0.2, 0) is 36.3 Å². The average molecular weight is 632 g/mol. The van der Waals surface area contributed by atoms with Crippen molar-refractivity contribution in [3.8, 4) is 22.5 Å². The summed E-state index contributed by atoms with van der Waals surface area (Å²) >= 11 is 0. The van der Waals surface area contributed by atoms with Crippen LogP contribution in [0.2, 0.25) is 0 Å². The smallest absolute Gasteiger partial charge is 0.663 e. The van der Waals surface area contributed by atoms with Gasteiger partial charge in [0.2, 0.25) is 0 Å². The van der Waals surface area contributed by atoms with Gasteiger partial charge in [-0.25, -0.2) is 9.97 Å². The molecule has 6 aromatic rings. The fourth-order valence-corrected chi connectivity index (χ4v) is 4.33. The average Bonchev–Trinajstić information content (AvgIpc) is 3.68. The van der Waals surface area contributed by atoms with Crippen LogP contribution in [0.3, 0.4) is 0 Å². The zero-order chi connectivity index (χ0) is 21.8. The Kier molecular flexibility index (Phi) is 5.02. The van der Waals surface area contributed by atoms with Crippen molar-refractivity contribution < 1.29 is 39.4 Å². The molecule has 7 rings (SSSR count). The molecule has 5 heterocycles. The molecule has 0 spiro atoms. The predicted octanol–water partition coefficient (Wildman–Crippen LogP) is 4.46. The normalized spacial score (nSPS) is 15.2. The first-order valence-corrected chi connectivity index (χ1v) is 10.5. The topological polar surface area (TPSA) is 98.7 Å². The van der Waals surface area contributed by atoms with Crippen LogP contribution in [0, 0.1) is 0 Å². The Bertz CT molecular complexity index is 1490. The Labute approximate surface area is 207 Å². The molecule has 1 aliphatic heterocycles. The first-order valence-electron chi connectivity index (χ1n) is 10.5. The van der Waals surface area contributed by atoms with Gasteiger partial charge in [0, 0.05) is 0 Å². The maximum Gasteiger partial charge on any atom is 2.00 e. The molecule has 0 amide bonds. The summed E-state index contributed by atoms with van der Waals surface area (Å²) in [6, 6.07) is 15.8. The molecule has 170 valence electrons. The Hall–Kier alpha value is -3.45. The van der Waals surface area contributed by atoms with Crippen LogP contribution in [0.15, 0.2) is 82.3 Å². The maximum atomic E-state index is 5.99. The minimum Gasteiger partial charge on any atom is -0.663 e. The molecule has 9 heteroatoms. The summed E-state index contributed by atoms with van der Waals surface area (Å²) in [5, 5.41) is 2.07. The maximum absolute atomic E-state index is 5.99. The van der Waals surface area contributed by atoms with Crippen molar-refractivity contribution in [3.05, 3.63) is 85.2 Å². The van der Waals surface area contributed by atoms with Crippen LogP contribution in [0.5, 0.6) is 0 Å². The Morgan fingerprint density at radius 1 is 0.676 bits per heavy atom. The number of hydrogen-bond acceptors (Lipinski definition) is 6. The quantitative estimate of drug-likeness (QED) is 0.282. The van der Waals surface area contributed by atoms with E-state index in [0.717, 1.165) is 32.9 Å². The van der Waals surface area contributed by atoms with E-state index in [1.54, 1.807) is 24.9 Å². The van der Waals surface area contributed by atoms with Gasteiger partial charge < -0.3 is 28.3 Å². The van der Waals surface area contributed by atoms with Gasteiger partial charge in [-0.3, -0.25) is 0 Å². The number of hydrogen-bond donors (Lipinski definition) is 0. The molecular weight excluding hydrogens is 615 g/mol. The molecule has 34 heavy (non-hydrogen) atoms. The molecule has 2 aromatic carbocycles. The third-order valence-electron chi connectivity index (χ3n) is 5.87. The Morgan fingerprint density at radius 3 is 1.68 bits per heavy atom. The molecule has 1 aliphatic rings. The molecular formula is C25H16N4O4Pt. The largest absolute Gasteiger partial charge is 2.00 e. The van der Waals surface area contributed by atoms with Crippen LogP contribution in [0.1, 0.15) is 11.8 Å². The number of nitrogens with zero attached hydrogens (tertiary/aromatic N) is 4. The molecule has 0 saturated carbocycles. The van der Waals surface area contributed by atoms with Crippen molar-refractivity contribution in [2.45, 2.75) is 5.79 Å². The summed E-state index contributed by atoms with van der Waals surface area (Å²) in [6.45, 7) is 0.713. The van der Waals surface area contributed by atoms with Crippen LogP contribution < -0.4 is 9.97 Å². The molecule has 0 bridgehead atoms. The van der Waals surface area contributed by atoms with Gasteiger partial charge in [-0.15, -0.1) is 11.0 Å². The molecule has 0 radical (unpaired) electrons.